The van der Waals surface area contributed by atoms with Crippen LogP contribution >= 0.6 is 0 Å². The highest BCUT2D eigenvalue weighted by Crippen LogP contribution is 2.40. The van der Waals surface area contributed by atoms with E-state index in [1.54, 1.807) is 0 Å². The molecule has 1 aromatic carbocycles. The van der Waals surface area contributed by atoms with Gasteiger partial charge in [0.2, 0.25) is 0 Å². The molecule has 1 fully saturated rings. The lowest BCUT2D eigenvalue weighted by atomic mass is 9.79. The Labute approximate surface area is 128 Å². The molecular formula is C17H18FN3O. The maximum Gasteiger partial charge on any atom is 0.271 e. The molecule has 1 saturated carbocycles. The minimum atomic E-state index is -0.236. The highest BCUT2D eigenvalue weighted by atomic mass is 19.1. The van der Waals surface area contributed by atoms with Gasteiger partial charge in [-0.25, -0.2) is 9.37 Å². The summed E-state index contributed by atoms with van der Waals surface area (Å²) in [6.07, 6.45) is 8.73. The van der Waals surface area contributed by atoms with Crippen molar-refractivity contribution < 1.29 is 9.18 Å². The normalized spacial score (nSPS) is 16.4. The quantitative estimate of drug-likeness (QED) is 0.944. The molecule has 0 bridgehead atoms. The van der Waals surface area contributed by atoms with Gasteiger partial charge in [0.05, 0.1) is 6.20 Å². The summed E-state index contributed by atoms with van der Waals surface area (Å²) in [4.78, 5) is 20.1. The van der Waals surface area contributed by atoms with Crippen molar-refractivity contribution in [2.75, 3.05) is 6.54 Å². The first kappa shape index (κ1) is 14.6. The fraction of sp³-hybridized carbons (Fsp3) is 0.353. The second-order valence-electron chi connectivity index (χ2n) is 5.77. The van der Waals surface area contributed by atoms with E-state index in [2.05, 4.69) is 15.3 Å². The van der Waals surface area contributed by atoms with Gasteiger partial charge in [-0.3, -0.25) is 9.78 Å². The highest BCUT2D eigenvalue weighted by Gasteiger charge is 2.36. The number of halogens is 1. The molecule has 2 aromatic rings. The largest absolute Gasteiger partial charge is 0.350 e. The molecule has 0 atom stereocenters. The molecule has 0 spiro atoms. The van der Waals surface area contributed by atoms with Gasteiger partial charge in [0.15, 0.2) is 0 Å². The molecule has 1 aromatic heterocycles. The Kier molecular flexibility index (Phi) is 4.13. The molecule has 22 heavy (non-hydrogen) atoms. The van der Waals surface area contributed by atoms with E-state index < -0.39 is 0 Å². The highest BCUT2D eigenvalue weighted by molar-refractivity contribution is 5.91. The summed E-state index contributed by atoms with van der Waals surface area (Å²) in [6.45, 7) is 0.536. The van der Waals surface area contributed by atoms with Gasteiger partial charge in [-0.1, -0.05) is 25.0 Å². The van der Waals surface area contributed by atoms with E-state index in [0.29, 0.717) is 12.2 Å². The average molecular weight is 299 g/mol. The maximum atomic E-state index is 13.1. The molecule has 1 N–H and O–H groups in total. The summed E-state index contributed by atoms with van der Waals surface area (Å²) in [7, 11) is 0. The van der Waals surface area contributed by atoms with E-state index >= 15 is 0 Å². The van der Waals surface area contributed by atoms with Crippen molar-refractivity contribution in [3.63, 3.8) is 0 Å². The molecule has 0 unspecified atom stereocenters. The van der Waals surface area contributed by atoms with Crippen LogP contribution in [-0.2, 0) is 5.41 Å². The standard InChI is InChI=1S/C17H18FN3O/c18-14-5-3-13(4-6-14)17(7-1-2-8-17)12-21-16(22)15-11-19-9-10-20-15/h3-6,9-11H,1-2,7-8,12H2,(H,21,22). The second-order valence-corrected chi connectivity index (χ2v) is 5.77. The summed E-state index contributed by atoms with van der Waals surface area (Å²) in [5.41, 5.74) is 1.30. The first-order valence-electron chi connectivity index (χ1n) is 7.50. The molecule has 5 heteroatoms. The van der Waals surface area contributed by atoms with Crippen LogP contribution in [0.15, 0.2) is 42.9 Å². The molecule has 0 aliphatic heterocycles. The van der Waals surface area contributed by atoms with Gasteiger partial charge in [-0.2, -0.15) is 0 Å². The van der Waals surface area contributed by atoms with Crippen LogP contribution in [0.25, 0.3) is 0 Å². The first-order chi connectivity index (χ1) is 10.7. The third kappa shape index (κ3) is 2.98. The molecule has 1 aliphatic rings. The van der Waals surface area contributed by atoms with Crippen molar-refractivity contribution >= 4 is 5.91 Å². The van der Waals surface area contributed by atoms with Crippen molar-refractivity contribution in [2.24, 2.45) is 0 Å². The molecule has 0 radical (unpaired) electrons. The molecule has 114 valence electrons. The van der Waals surface area contributed by atoms with E-state index in [4.69, 9.17) is 0 Å². The van der Waals surface area contributed by atoms with Crippen LogP contribution in [0.3, 0.4) is 0 Å². The number of aromatic nitrogens is 2. The van der Waals surface area contributed by atoms with Crippen LogP contribution < -0.4 is 5.32 Å². The van der Waals surface area contributed by atoms with Crippen LogP contribution in [0.4, 0.5) is 4.39 Å². The zero-order valence-electron chi connectivity index (χ0n) is 12.3. The third-order valence-electron chi connectivity index (χ3n) is 4.40. The van der Waals surface area contributed by atoms with Gasteiger partial charge in [-0.15, -0.1) is 0 Å². The summed E-state index contributed by atoms with van der Waals surface area (Å²) in [6, 6.07) is 6.63. The second kappa shape index (κ2) is 6.22. The van der Waals surface area contributed by atoms with E-state index in [9.17, 15) is 9.18 Å². The number of nitrogens with zero attached hydrogens (tertiary/aromatic N) is 2. The Hall–Kier alpha value is -2.30. The number of carbonyl (C=O) groups is 1. The predicted octanol–water partition coefficient (Wildman–Crippen LogP) is 2.86. The number of amides is 1. The molecule has 3 rings (SSSR count). The lowest BCUT2D eigenvalue weighted by Gasteiger charge is -2.30. The van der Waals surface area contributed by atoms with Crippen molar-refractivity contribution in [1.82, 2.24) is 15.3 Å². The van der Waals surface area contributed by atoms with Crippen molar-refractivity contribution in [2.45, 2.75) is 31.1 Å². The number of hydrogen-bond donors (Lipinski definition) is 1. The minimum Gasteiger partial charge on any atom is -0.350 e. The Bertz CT molecular complexity index is 637. The lowest BCUT2D eigenvalue weighted by Crippen LogP contribution is -2.39. The van der Waals surface area contributed by atoms with Crippen LogP contribution in [-0.4, -0.2) is 22.4 Å². The fourth-order valence-electron chi connectivity index (χ4n) is 3.18. The van der Waals surface area contributed by atoms with Crippen LogP contribution in [0, 0.1) is 5.82 Å². The summed E-state index contributed by atoms with van der Waals surface area (Å²) >= 11 is 0. The Balaban J connectivity index is 1.75. The van der Waals surface area contributed by atoms with Gasteiger partial charge in [0.1, 0.15) is 11.5 Å². The van der Waals surface area contributed by atoms with Crippen molar-refractivity contribution in [3.8, 4) is 0 Å². The zero-order chi connectivity index (χ0) is 15.4. The topological polar surface area (TPSA) is 54.9 Å². The van der Waals surface area contributed by atoms with Crippen LogP contribution in [0.5, 0.6) is 0 Å². The smallest absolute Gasteiger partial charge is 0.271 e. The Morgan fingerprint density at radius 2 is 1.91 bits per heavy atom. The predicted molar refractivity (Wildman–Crippen MR) is 80.9 cm³/mol. The van der Waals surface area contributed by atoms with Crippen LogP contribution in [0.1, 0.15) is 41.7 Å². The Morgan fingerprint density at radius 3 is 2.55 bits per heavy atom. The van der Waals surface area contributed by atoms with Gasteiger partial charge >= 0.3 is 0 Å². The maximum absolute atomic E-state index is 13.1. The average Bonchev–Trinajstić information content (AvgIpc) is 3.04. The van der Waals surface area contributed by atoms with Gasteiger partial charge in [-0.05, 0) is 30.5 Å². The van der Waals surface area contributed by atoms with Crippen LogP contribution in [0.2, 0.25) is 0 Å². The molecule has 4 nitrogen and oxygen atoms in total. The van der Waals surface area contributed by atoms with E-state index in [-0.39, 0.29) is 17.1 Å². The Morgan fingerprint density at radius 1 is 1.18 bits per heavy atom. The third-order valence-corrected chi connectivity index (χ3v) is 4.40. The van der Waals surface area contributed by atoms with Gasteiger partial charge in [0.25, 0.3) is 5.91 Å². The summed E-state index contributed by atoms with van der Waals surface area (Å²) < 4.78 is 13.1. The number of rotatable bonds is 4. The first-order valence-corrected chi connectivity index (χ1v) is 7.50. The van der Waals surface area contributed by atoms with Gasteiger partial charge in [0, 0.05) is 24.4 Å². The number of benzene rings is 1. The van der Waals surface area contributed by atoms with Crippen molar-refractivity contribution in [1.29, 1.82) is 0 Å². The molecule has 1 amide bonds. The van der Waals surface area contributed by atoms with E-state index in [1.165, 1.54) is 30.7 Å². The monoisotopic (exact) mass is 299 g/mol. The van der Waals surface area contributed by atoms with E-state index in [0.717, 1.165) is 31.2 Å². The minimum absolute atomic E-state index is 0.106. The SMILES string of the molecule is O=C(NCC1(c2ccc(F)cc2)CCCC1)c1cnccn1. The summed E-state index contributed by atoms with van der Waals surface area (Å²) in [5, 5.41) is 2.96. The molecular weight excluding hydrogens is 281 g/mol. The molecule has 1 heterocycles. The van der Waals surface area contributed by atoms with Gasteiger partial charge < -0.3 is 5.32 Å². The molecule has 0 saturated heterocycles. The number of hydrogen-bond acceptors (Lipinski definition) is 3. The lowest BCUT2D eigenvalue weighted by molar-refractivity contribution is 0.0937. The summed E-state index contributed by atoms with van der Waals surface area (Å²) in [5.74, 6) is -0.457. The number of carbonyl (C=O) groups excluding carboxylic acids is 1. The molecule has 1 aliphatic carbocycles. The fourth-order valence-corrected chi connectivity index (χ4v) is 3.18. The zero-order valence-corrected chi connectivity index (χ0v) is 12.3. The number of nitrogens with one attached hydrogen (secondary N) is 1. The van der Waals surface area contributed by atoms with E-state index in [1.807, 2.05) is 12.1 Å². The van der Waals surface area contributed by atoms with Crippen molar-refractivity contribution in [3.05, 3.63) is 59.9 Å².